The summed E-state index contributed by atoms with van der Waals surface area (Å²) in [5.41, 5.74) is 1.46. The highest BCUT2D eigenvalue weighted by molar-refractivity contribution is 6.06. The fourth-order valence-electron chi connectivity index (χ4n) is 1.58. The predicted octanol–water partition coefficient (Wildman–Crippen LogP) is 1.62. The number of aromatic nitrogens is 2. The van der Waals surface area contributed by atoms with E-state index in [1.54, 1.807) is 37.4 Å². The maximum atomic E-state index is 12.2. The highest BCUT2D eigenvalue weighted by Crippen LogP contribution is 2.19. The second-order valence-electron chi connectivity index (χ2n) is 3.62. The van der Waals surface area contributed by atoms with Crippen molar-refractivity contribution in [2.24, 2.45) is 0 Å². The third-order valence-electron chi connectivity index (χ3n) is 2.52. The van der Waals surface area contributed by atoms with Crippen molar-refractivity contribution in [2.75, 3.05) is 11.9 Å². The van der Waals surface area contributed by atoms with E-state index in [2.05, 4.69) is 16.3 Å². The Morgan fingerprint density at radius 3 is 2.72 bits per heavy atom. The van der Waals surface area contributed by atoms with Gasteiger partial charge in [-0.05, 0) is 18.2 Å². The molecule has 5 heteroatoms. The molecule has 1 aromatic heterocycles. The number of hydrogen-bond acceptors (Lipinski definition) is 4. The molecule has 88 valence electrons. The molecule has 0 aliphatic carbocycles. The molecule has 0 aliphatic heterocycles. The fraction of sp³-hybridized carbons (Fsp3) is 0.0769. The molecule has 0 saturated heterocycles. The number of hydrogen-bond donors (Lipinski definition) is 0. The van der Waals surface area contributed by atoms with Gasteiger partial charge < -0.3 is 4.90 Å². The van der Waals surface area contributed by atoms with Gasteiger partial charge in [0.05, 0.1) is 29.2 Å². The molecule has 0 radical (unpaired) electrons. The van der Waals surface area contributed by atoms with Crippen LogP contribution in [0.5, 0.6) is 0 Å². The van der Waals surface area contributed by atoms with E-state index in [9.17, 15) is 4.79 Å². The summed E-state index contributed by atoms with van der Waals surface area (Å²) in [6.07, 6.45) is 2.85. The average molecular weight is 238 g/mol. The summed E-state index contributed by atoms with van der Waals surface area (Å²) in [6.45, 7) is 0. The summed E-state index contributed by atoms with van der Waals surface area (Å²) in [7, 11) is 1.62. The number of carbonyl (C=O) groups excluding carboxylic acids is 1. The molecule has 1 heterocycles. The zero-order valence-corrected chi connectivity index (χ0v) is 9.74. The predicted molar refractivity (Wildman–Crippen MR) is 65.9 cm³/mol. The summed E-state index contributed by atoms with van der Waals surface area (Å²) < 4.78 is 0. The minimum Gasteiger partial charge on any atom is -0.310 e. The fourth-order valence-corrected chi connectivity index (χ4v) is 1.58. The standard InChI is InChI=1S/C13H10N4O/c1-17(12-5-3-2-4-10(12)8-14)13(18)11-6-7-15-16-9-11/h2-7,9H,1H3. The maximum absolute atomic E-state index is 12.2. The van der Waals surface area contributed by atoms with Gasteiger partial charge in [-0.3, -0.25) is 4.79 Å². The number of nitriles is 1. The monoisotopic (exact) mass is 238 g/mol. The lowest BCUT2D eigenvalue weighted by Crippen LogP contribution is -2.27. The Bertz CT molecular complexity index is 604. The van der Waals surface area contributed by atoms with Crippen LogP contribution in [-0.2, 0) is 0 Å². The van der Waals surface area contributed by atoms with Gasteiger partial charge in [-0.2, -0.15) is 15.5 Å². The lowest BCUT2D eigenvalue weighted by molar-refractivity contribution is 0.0992. The van der Waals surface area contributed by atoms with Crippen LogP contribution in [0.1, 0.15) is 15.9 Å². The molecule has 0 spiro atoms. The molecule has 0 N–H and O–H groups in total. The van der Waals surface area contributed by atoms with E-state index >= 15 is 0 Å². The van der Waals surface area contributed by atoms with E-state index in [1.807, 2.05) is 0 Å². The molecule has 0 fully saturated rings. The van der Waals surface area contributed by atoms with E-state index in [1.165, 1.54) is 17.3 Å². The highest BCUT2D eigenvalue weighted by atomic mass is 16.2. The smallest absolute Gasteiger partial charge is 0.259 e. The van der Waals surface area contributed by atoms with Crippen LogP contribution in [0.2, 0.25) is 0 Å². The van der Waals surface area contributed by atoms with Gasteiger partial charge in [-0.15, -0.1) is 0 Å². The molecule has 0 saturated carbocycles. The van der Waals surface area contributed by atoms with Gasteiger partial charge in [-0.25, -0.2) is 0 Å². The summed E-state index contributed by atoms with van der Waals surface area (Å²) in [5, 5.41) is 16.3. The number of benzene rings is 1. The lowest BCUT2D eigenvalue weighted by Gasteiger charge is -2.18. The van der Waals surface area contributed by atoms with Gasteiger partial charge in [0.1, 0.15) is 6.07 Å². The van der Waals surface area contributed by atoms with Crippen LogP contribution >= 0.6 is 0 Å². The number of carbonyl (C=O) groups is 1. The van der Waals surface area contributed by atoms with Crippen LogP contribution in [0.3, 0.4) is 0 Å². The Hall–Kier alpha value is -2.74. The molecule has 2 aromatic rings. The van der Waals surface area contributed by atoms with Crippen LogP contribution in [0.15, 0.2) is 42.7 Å². The van der Waals surface area contributed by atoms with Crippen LogP contribution in [0.4, 0.5) is 5.69 Å². The summed E-state index contributed by atoms with van der Waals surface area (Å²) in [6, 6.07) is 10.6. The van der Waals surface area contributed by atoms with Gasteiger partial charge in [0, 0.05) is 7.05 Å². The number of nitrogens with zero attached hydrogens (tertiary/aromatic N) is 4. The quantitative estimate of drug-likeness (QED) is 0.797. The Morgan fingerprint density at radius 2 is 2.06 bits per heavy atom. The minimum absolute atomic E-state index is 0.229. The van der Waals surface area contributed by atoms with Crippen molar-refractivity contribution in [3.8, 4) is 6.07 Å². The normalized spacial score (nSPS) is 9.56. The van der Waals surface area contributed by atoms with Crippen LogP contribution in [-0.4, -0.2) is 23.2 Å². The van der Waals surface area contributed by atoms with Crippen LogP contribution in [0, 0.1) is 11.3 Å². The van der Waals surface area contributed by atoms with Crippen molar-refractivity contribution in [3.63, 3.8) is 0 Å². The topological polar surface area (TPSA) is 69.9 Å². The van der Waals surface area contributed by atoms with Gasteiger partial charge in [-0.1, -0.05) is 12.1 Å². The Labute approximate surface area is 104 Å². The van der Waals surface area contributed by atoms with E-state index in [0.717, 1.165) is 0 Å². The molecular formula is C13H10N4O. The summed E-state index contributed by atoms with van der Waals surface area (Å²) in [4.78, 5) is 13.6. The minimum atomic E-state index is -0.229. The van der Waals surface area contributed by atoms with Crippen molar-refractivity contribution in [1.82, 2.24) is 10.2 Å². The molecule has 1 amide bonds. The number of para-hydroxylation sites is 1. The second-order valence-corrected chi connectivity index (χ2v) is 3.62. The largest absolute Gasteiger partial charge is 0.310 e. The van der Waals surface area contributed by atoms with Gasteiger partial charge in [0.25, 0.3) is 5.91 Å². The van der Waals surface area contributed by atoms with Gasteiger partial charge >= 0.3 is 0 Å². The molecule has 18 heavy (non-hydrogen) atoms. The molecule has 2 rings (SSSR count). The summed E-state index contributed by atoms with van der Waals surface area (Å²) >= 11 is 0. The van der Waals surface area contributed by atoms with E-state index in [-0.39, 0.29) is 5.91 Å². The lowest BCUT2D eigenvalue weighted by atomic mass is 10.1. The van der Waals surface area contributed by atoms with E-state index in [0.29, 0.717) is 16.8 Å². The third kappa shape index (κ3) is 2.18. The molecule has 0 unspecified atom stereocenters. The maximum Gasteiger partial charge on any atom is 0.259 e. The zero-order chi connectivity index (χ0) is 13.0. The number of rotatable bonds is 2. The Kier molecular flexibility index (Phi) is 3.30. The Morgan fingerprint density at radius 1 is 1.28 bits per heavy atom. The van der Waals surface area contributed by atoms with Gasteiger partial charge in [0.15, 0.2) is 0 Å². The van der Waals surface area contributed by atoms with Gasteiger partial charge in [0.2, 0.25) is 0 Å². The third-order valence-corrected chi connectivity index (χ3v) is 2.52. The Balaban J connectivity index is 2.35. The SMILES string of the molecule is CN(C(=O)c1ccnnc1)c1ccccc1C#N. The number of amides is 1. The molecular weight excluding hydrogens is 228 g/mol. The summed E-state index contributed by atoms with van der Waals surface area (Å²) in [5.74, 6) is -0.229. The highest BCUT2D eigenvalue weighted by Gasteiger charge is 2.16. The van der Waals surface area contributed by atoms with Crippen LogP contribution in [0.25, 0.3) is 0 Å². The van der Waals surface area contributed by atoms with Crippen molar-refractivity contribution >= 4 is 11.6 Å². The van der Waals surface area contributed by atoms with Crippen LogP contribution < -0.4 is 4.90 Å². The van der Waals surface area contributed by atoms with Crippen molar-refractivity contribution in [3.05, 3.63) is 53.9 Å². The van der Waals surface area contributed by atoms with Crippen molar-refractivity contribution in [1.29, 1.82) is 5.26 Å². The second kappa shape index (κ2) is 5.06. The average Bonchev–Trinajstić information content (AvgIpc) is 2.46. The first kappa shape index (κ1) is 11.7. The van der Waals surface area contributed by atoms with Crippen molar-refractivity contribution in [2.45, 2.75) is 0 Å². The molecule has 1 aromatic carbocycles. The van der Waals surface area contributed by atoms with E-state index < -0.39 is 0 Å². The first-order valence-corrected chi connectivity index (χ1v) is 5.28. The first-order valence-electron chi connectivity index (χ1n) is 5.28. The molecule has 0 bridgehead atoms. The first-order chi connectivity index (χ1) is 8.74. The molecule has 0 aliphatic rings. The van der Waals surface area contributed by atoms with E-state index in [4.69, 9.17) is 5.26 Å². The van der Waals surface area contributed by atoms with Crippen molar-refractivity contribution < 1.29 is 4.79 Å². The number of anilines is 1. The zero-order valence-electron chi connectivity index (χ0n) is 9.74. The molecule has 0 atom stereocenters. The molecule has 5 nitrogen and oxygen atoms in total.